The fourth-order valence-electron chi connectivity index (χ4n) is 2.78. The van der Waals surface area contributed by atoms with Crippen molar-refractivity contribution in [3.05, 3.63) is 65.0 Å². The Labute approximate surface area is 163 Å². The second kappa shape index (κ2) is 7.70. The van der Waals surface area contributed by atoms with Crippen molar-refractivity contribution in [2.45, 2.75) is 26.4 Å². The highest BCUT2D eigenvalue weighted by Gasteiger charge is 2.19. The van der Waals surface area contributed by atoms with Crippen LogP contribution in [0, 0.1) is 0 Å². The summed E-state index contributed by atoms with van der Waals surface area (Å²) in [5.74, 6) is -0.114. The van der Waals surface area contributed by atoms with Gasteiger partial charge in [-0.3, -0.25) is 9.10 Å². The molecule has 0 saturated carbocycles. The summed E-state index contributed by atoms with van der Waals surface area (Å²) in [6, 6.07) is 16.8. The van der Waals surface area contributed by atoms with E-state index in [1.54, 1.807) is 6.07 Å². The fourth-order valence-corrected chi connectivity index (χ4v) is 4.61. The summed E-state index contributed by atoms with van der Waals surface area (Å²) in [6.45, 7) is 4.09. The van der Waals surface area contributed by atoms with Crippen molar-refractivity contribution < 1.29 is 13.2 Å². The van der Waals surface area contributed by atoms with E-state index in [4.69, 9.17) is 0 Å². The van der Waals surface area contributed by atoms with Crippen LogP contribution in [-0.4, -0.2) is 26.6 Å². The van der Waals surface area contributed by atoms with E-state index in [1.165, 1.54) is 21.9 Å². The molecule has 3 rings (SSSR count). The number of carbonyl (C=O) groups is 1. The van der Waals surface area contributed by atoms with Crippen LogP contribution in [-0.2, 0) is 16.6 Å². The molecule has 1 N–H and O–H groups in total. The number of carbonyl (C=O) groups excluding carboxylic acids is 1. The second-order valence-corrected chi connectivity index (χ2v) is 9.71. The molecule has 1 aromatic heterocycles. The van der Waals surface area contributed by atoms with Crippen LogP contribution in [0.15, 0.2) is 54.6 Å². The molecule has 0 atom stereocenters. The normalized spacial score (nSPS) is 11.7. The number of sulfonamides is 1. The molecule has 0 radical (unpaired) electrons. The Morgan fingerprint density at radius 3 is 2.44 bits per heavy atom. The van der Waals surface area contributed by atoms with Crippen molar-refractivity contribution in [3.8, 4) is 0 Å². The van der Waals surface area contributed by atoms with Crippen LogP contribution >= 0.6 is 11.3 Å². The molecule has 0 aliphatic carbocycles. The third-order valence-electron chi connectivity index (χ3n) is 4.00. The van der Waals surface area contributed by atoms with Crippen LogP contribution in [0.1, 0.15) is 29.1 Å². The Kier molecular flexibility index (Phi) is 5.53. The molecule has 0 saturated heterocycles. The molecule has 1 heterocycles. The number of benzene rings is 2. The minimum atomic E-state index is -3.45. The zero-order valence-corrected chi connectivity index (χ0v) is 17.1. The summed E-state index contributed by atoms with van der Waals surface area (Å²) >= 11 is 1.40. The summed E-state index contributed by atoms with van der Waals surface area (Å²) in [7, 11) is -3.45. The van der Waals surface area contributed by atoms with Gasteiger partial charge in [0.05, 0.1) is 23.4 Å². The van der Waals surface area contributed by atoms with Gasteiger partial charge < -0.3 is 5.32 Å². The van der Waals surface area contributed by atoms with E-state index in [9.17, 15) is 13.2 Å². The quantitative estimate of drug-likeness (QED) is 0.678. The van der Waals surface area contributed by atoms with Gasteiger partial charge in [-0.25, -0.2) is 8.42 Å². The van der Waals surface area contributed by atoms with E-state index >= 15 is 0 Å². The minimum Gasteiger partial charge on any atom is -0.349 e. The largest absolute Gasteiger partial charge is 0.349 e. The SMILES string of the molecule is CC(C)NC(=O)c1cc2cc(N(Cc3ccccc3)S(C)(=O)=O)ccc2s1. The summed E-state index contributed by atoms with van der Waals surface area (Å²) in [6.07, 6.45) is 1.20. The Morgan fingerprint density at radius 2 is 1.81 bits per heavy atom. The predicted molar refractivity (Wildman–Crippen MR) is 112 cm³/mol. The average molecular weight is 403 g/mol. The van der Waals surface area contributed by atoms with Crippen molar-refractivity contribution in [1.29, 1.82) is 0 Å². The van der Waals surface area contributed by atoms with E-state index in [-0.39, 0.29) is 18.5 Å². The molecule has 0 unspecified atom stereocenters. The molecule has 3 aromatic rings. The number of hydrogen-bond donors (Lipinski definition) is 1. The molecule has 5 nitrogen and oxygen atoms in total. The standard InChI is InChI=1S/C20H22N2O3S2/c1-14(2)21-20(23)19-12-16-11-17(9-10-18(16)26-19)22(27(3,24)25)13-15-7-5-4-6-8-15/h4-12,14H,13H2,1-3H3,(H,21,23). The van der Waals surface area contributed by atoms with Gasteiger partial charge in [0.25, 0.3) is 5.91 Å². The Morgan fingerprint density at radius 1 is 1.11 bits per heavy atom. The number of amides is 1. The summed E-state index contributed by atoms with van der Waals surface area (Å²) < 4.78 is 27.1. The van der Waals surface area contributed by atoms with E-state index in [0.29, 0.717) is 10.6 Å². The van der Waals surface area contributed by atoms with Gasteiger partial charge in [-0.15, -0.1) is 11.3 Å². The highest BCUT2D eigenvalue weighted by molar-refractivity contribution is 7.92. The van der Waals surface area contributed by atoms with Crippen LogP contribution in [0.3, 0.4) is 0 Å². The maximum atomic E-state index is 12.4. The summed E-state index contributed by atoms with van der Waals surface area (Å²) in [5.41, 5.74) is 1.49. The van der Waals surface area contributed by atoms with Crippen molar-refractivity contribution in [1.82, 2.24) is 5.32 Å². The van der Waals surface area contributed by atoms with Crippen LogP contribution in [0.5, 0.6) is 0 Å². The van der Waals surface area contributed by atoms with Crippen molar-refractivity contribution in [2.24, 2.45) is 0 Å². The third kappa shape index (κ3) is 4.67. The second-order valence-electron chi connectivity index (χ2n) is 6.72. The van der Waals surface area contributed by atoms with Crippen molar-refractivity contribution >= 4 is 43.0 Å². The molecular weight excluding hydrogens is 380 g/mol. The fraction of sp³-hybridized carbons (Fsp3) is 0.250. The maximum absolute atomic E-state index is 12.4. The number of hydrogen-bond acceptors (Lipinski definition) is 4. The minimum absolute atomic E-state index is 0.0601. The van der Waals surface area contributed by atoms with Gasteiger partial charge in [0, 0.05) is 10.7 Å². The van der Waals surface area contributed by atoms with Gasteiger partial charge in [0.1, 0.15) is 0 Å². The van der Waals surface area contributed by atoms with Crippen LogP contribution in [0.25, 0.3) is 10.1 Å². The molecule has 0 aliphatic rings. The van der Waals surface area contributed by atoms with E-state index in [0.717, 1.165) is 15.6 Å². The van der Waals surface area contributed by atoms with Gasteiger partial charge in [-0.2, -0.15) is 0 Å². The highest BCUT2D eigenvalue weighted by atomic mass is 32.2. The lowest BCUT2D eigenvalue weighted by molar-refractivity contribution is 0.0947. The Balaban J connectivity index is 1.97. The van der Waals surface area contributed by atoms with Crippen LogP contribution < -0.4 is 9.62 Å². The molecule has 0 fully saturated rings. The lowest BCUT2D eigenvalue weighted by Crippen LogP contribution is -2.29. The maximum Gasteiger partial charge on any atom is 0.261 e. The first-order valence-corrected chi connectivity index (χ1v) is 11.3. The number of nitrogens with one attached hydrogen (secondary N) is 1. The molecule has 27 heavy (non-hydrogen) atoms. The van der Waals surface area contributed by atoms with Crippen molar-refractivity contribution in [3.63, 3.8) is 0 Å². The van der Waals surface area contributed by atoms with Crippen LogP contribution in [0.2, 0.25) is 0 Å². The first kappa shape index (κ1) is 19.4. The lowest BCUT2D eigenvalue weighted by Gasteiger charge is -2.22. The summed E-state index contributed by atoms with van der Waals surface area (Å²) in [4.78, 5) is 12.9. The van der Waals surface area contributed by atoms with Gasteiger partial charge in [-0.05, 0) is 49.1 Å². The molecular formula is C20H22N2O3S2. The van der Waals surface area contributed by atoms with Gasteiger partial charge in [0.15, 0.2) is 0 Å². The molecule has 0 aliphatic heterocycles. The molecule has 2 aromatic carbocycles. The highest BCUT2D eigenvalue weighted by Crippen LogP contribution is 2.31. The topological polar surface area (TPSA) is 66.5 Å². The van der Waals surface area contributed by atoms with Gasteiger partial charge in [0.2, 0.25) is 10.0 Å². The average Bonchev–Trinajstić information content (AvgIpc) is 3.02. The number of nitrogens with zero attached hydrogens (tertiary/aromatic N) is 1. The molecule has 0 bridgehead atoms. The molecule has 7 heteroatoms. The number of fused-ring (bicyclic) bond motifs is 1. The molecule has 142 valence electrons. The molecule has 1 amide bonds. The van der Waals surface area contributed by atoms with E-state index < -0.39 is 10.0 Å². The van der Waals surface area contributed by atoms with Crippen molar-refractivity contribution in [2.75, 3.05) is 10.6 Å². The third-order valence-corrected chi connectivity index (χ3v) is 6.26. The first-order chi connectivity index (χ1) is 12.7. The smallest absolute Gasteiger partial charge is 0.261 e. The van der Waals surface area contributed by atoms with E-state index in [1.807, 2.05) is 62.4 Å². The monoisotopic (exact) mass is 402 g/mol. The molecule has 0 spiro atoms. The number of rotatable bonds is 6. The van der Waals surface area contributed by atoms with Gasteiger partial charge in [-0.1, -0.05) is 30.3 Å². The number of anilines is 1. The first-order valence-electron chi connectivity index (χ1n) is 8.60. The predicted octanol–water partition coefficient (Wildman–Crippen LogP) is 4.01. The zero-order valence-electron chi connectivity index (χ0n) is 15.5. The Bertz CT molecular complexity index is 1060. The zero-order chi connectivity index (χ0) is 19.6. The van der Waals surface area contributed by atoms with E-state index in [2.05, 4.69) is 5.32 Å². The lowest BCUT2D eigenvalue weighted by atomic mass is 10.2. The van der Waals surface area contributed by atoms with Gasteiger partial charge >= 0.3 is 0 Å². The number of thiophene rings is 1. The Hall–Kier alpha value is -2.38. The van der Waals surface area contributed by atoms with Crippen LogP contribution in [0.4, 0.5) is 5.69 Å². The summed E-state index contributed by atoms with van der Waals surface area (Å²) in [5, 5.41) is 3.73.